The molecule has 2 N–H and O–H groups in total. The zero-order chi connectivity index (χ0) is 20.3. The van der Waals surface area contributed by atoms with Gasteiger partial charge in [0.05, 0.1) is 22.8 Å². The standard InChI is InChI=1S/C19H34FNO3SSi/c1-18(2,3)26(7,8)24-13-15(12-19(4,5)25(21)22)14-9-10-17(23-6)16(20)11-14/h9-11,15H,12-13,21H2,1-8H3/t15-,25?/m1/s1. The van der Waals surface area contributed by atoms with Crippen molar-refractivity contribution >= 4 is 19.3 Å². The Morgan fingerprint density at radius 3 is 2.23 bits per heavy atom. The first-order chi connectivity index (χ1) is 11.7. The number of hydrogen-bond acceptors (Lipinski definition) is 3. The van der Waals surface area contributed by atoms with Crippen molar-refractivity contribution in [2.75, 3.05) is 13.7 Å². The first-order valence-corrected chi connectivity index (χ1v) is 13.0. The molecule has 0 amide bonds. The molecule has 0 aliphatic rings. The Balaban J connectivity index is 3.14. The maximum atomic E-state index is 14.2. The van der Waals surface area contributed by atoms with Crippen molar-refractivity contribution in [2.45, 2.75) is 69.8 Å². The lowest BCUT2D eigenvalue weighted by Crippen LogP contribution is -2.42. The fourth-order valence-corrected chi connectivity index (χ4v) is 3.83. The molecule has 0 aromatic heterocycles. The number of hydrogen-bond donors (Lipinski definition) is 1. The third kappa shape index (κ3) is 5.87. The van der Waals surface area contributed by atoms with Gasteiger partial charge in [-0.2, -0.15) is 0 Å². The van der Waals surface area contributed by atoms with Crippen LogP contribution in [0.15, 0.2) is 18.2 Å². The first kappa shape index (κ1) is 23.3. The molecule has 1 aromatic carbocycles. The van der Waals surface area contributed by atoms with Crippen molar-refractivity contribution in [3.8, 4) is 5.75 Å². The van der Waals surface area contributed by atoms with Crippen LogP contribution in [-0.2, 0) is 15.4 Å². The van der Waals surface area contributed by atoms with Gasteiger partial charge in [0.15, 0.2) is 19.9 Å². The summed E-state index contributed by atoms with van der Waals surface area (Å²) in [6.07, 6.45) is 0.538. The van der Waals surface area contributed by atoms with Crippen LogP contribution >= 0.6 is 0 Å². The summed E-state index contributed by atoms with van der Waals surface area (Å²) in [5.74, 6) is -0.305. The highest BCUT2D eigenvalue weighted by molar-refractivity contribution is 7.84. The van der Waals surface area contributed by atoms with E-state index in [-0.39, 0.29) is 16.7 Å². The van der Waals surface area contributed by atoms with Crippen LogP contribution in [0.4, 0.5) is 4.39 Å². The van der Waals surface area contributed by atoms with Crippen molar-refractivity contribution in [3.63, 3.8) is 0 Å². The van der Waals surface area contributed by atoms with Crippen LogP contribution in [0.1, 0.15) is 52.5 Å². The molecule has 7 heteroatoms. The third-order valence-corrected chi connectivity index (χ3v) is 11.1. The molecule has 0 bridgehead atoms. The summed E-state index contributed by atoms with van der Waals surface area (Å²) in [5.41, 5.74) is 0.806. The van der Waals surface area contributed by atoms with E-state index in [9.17, 15) is 8.60 Å². The van der Waals surface area contributed by atoms with Gasteiger partial charge in [0.25, 0.3) is 0 Å². The molecule has 0 fully saturated rings. The van der Waals surface area contributed by atoms with E-state index in [4.69, 9.17) is 14.3 Å². The molecule has 2 atom stereocenters. The fraction of sp³-hybridized carbons (Fsp3) is 0.684. The number of benzene rings is 1. The van der Waals surface area contributed by atoms with Gasteiger partial charge in [-0.25, -0.2) is 8.60 Å². The van der Waals surface area contributed by atoms with Crippen molar-refractivity contribution in [3.05, 3.63) is 29.6 Å². The Bertz CT molecular complexity index is 644. The van der Waals surface area contributed by atoms with Crippen molar-refractivity contribution in [1.29, 1.82) is 0 Å². The molecule has 0 saturated heterocycles. The van der Waals surface area contributed by atoms with Crippen molar-refractivity contribution in [1.82, 2.24) is 0 Å². The molecule has 0 aliphatic heterocycles. The zero-order valence-electron chi connectivity index (χ0n) is 17.3. The summed E-state index contributed by atoms with van der Waals surface area (Å²) in [7, 11) is -2.00. The van der Waals surface area contributed by atoms with Gasteiger partial charge >= 0.3 is 0 Å². The number of nitrogens with two attached hydrogens (primary N) is 1. The molecule has 1 aromatic rings. The second-order valence-corrected chi connectivity index (χ2v) is 15.4. The van der Waals surface area contributed by atoms with Gasteiger partial charge in [-0.3, -0.25) is 5.14 Å². The molecular weight excluding hydrogens is 369 g/mol. The predicted octanol–water partition coefficient (Wildman–Crippen LogP) is 4.73. The Hall–Kier alpha value is -0.763. The number of rotatable bonds is 8. The number of ether oxygens (including phenoxy) is 1. The molecule has 0 heterocycles. The maximum Gasteiger partial charge on any atom is 0.192 e. The number of halogens is 1. The molecule has 0 aliphatic carbocycles. The highest BCUT2D eigenvalue weighted by Gasteiger charge is 2.38. The van der Waals surface area contributed by atoms with E-state index < -0.39 is 29.9 Å². The van der Waals surface area contributed by atoms with Crippen LogP contribution < -0.4 is 9.88 Å². The second kappa shape index (κ2) is 8.50. The van der Waals surface area contributed by atoms with Crippen LogP contribution in [0.3, 0.4) is 0 Å². The van der Waals surface area contributed by atoms with Gasteiger partial charge in [-0.15, -0.1) is 0 Å². The lowest BCUT2D eigenvalue weighted by Gasteiger charge is -2.38. The Morgan fingerprint density at radius 2 is 1.81 bits per heavy atom. The highest BCUT2D eigenvalue weighted by Crippen LogP contribution is 2.39. The molecule has 0 radical (unpaired) electrons. The first-order valence-electron chi connectivity index (χ1n) is 8.85. The summed E-state index contributed by atoms with van der Waals surface area (Å²) >= 11 is 0. The lowest BCUT2D eigenvalue weighted by atomic mass is 9.90. The van der Waals surface area contributed by atoms with Crippen LogP contribution in [0.25, 0.3) is 0 Å². The Morgan fingerprint density at radius 1 is 1.23 bits per heavy atom. The van der Waals surface area contributed by atoms with E-state index in [0.717, 1.165) is 5.56 Å². The number of methoxy groups -OCH3 is 1. The van der Waals surface area contributed by atoms with E-state index in [1.54, 1.807) is 6.07 Å². The summed E-state index contributed by atoms with van der Waals surface area (Å²) in [4.78, 5) is 0. The quantitative estimate of drug-likeness (QED) is 0.638. The lowest BCUT2D eigenvalue weighted by molar-refractivity contribution is 0.250. The molecule has 26 heavy (non-hydrogen) atoms. The van der Waals surface area contributed by atoms with E-state index in [0.29, 0.717) is 13.0 Å². The Kier molecular flexibility index (Phi) is 7.61. The SMILES string of the molecule is COc1ccc([C@@H](CO[Si](C)(C)C(C)(C)C)CC(C)(C)S(N)=O)cc1F. The summed E-state index contributed by atoms with van der Waals surface area (Å²) in [5, 5.41) is 5.75. The summed E-state index contributed by atoms with van der Waals surface area (Å²) < 4.78 is 36.9. The largest absolute Gasteiger partial charge is 0.494 e. The normalized spacial score (nSPS) is 15.6. The van der Waals surface area contributed by atoms with E-state index in [1.165, 1.54) is 13.2 Å². The van der Waals surface area contributed by atoms with Gasteiger partial charge in [0.1, 0.15) is 0 Å². The minimum atomic E-state index is -1.96. The van der Waals surface area contributed by atoms with Crippen LogP contribution in [0, 0.1) is 5.82 Å². The molecule has 150 valence electrons. The molecule has 0 spiro atoms. The summed E-state index contributed by atoms with van der Waals surface area (Å²) in [6, 6.07) is 4.95. The molecular formula is C19H34FNO3SSi. The zero-order valence-corrected chi connectivity index (χ0v) is 19.1. The highest BCUT2D eigenvalue weighted by atomic mass is 32.2. The van der Waals surface area contributed by atoms with Crippen molar-refractivity contribution < 1.29 is 17.8 Å². The monoisotopic (exact) mass is 403 g/mol. The van der Waals surface area contributed by atoms with Crippen LogP contribution in [0.5, 0.6) is 5.75 Å². The predicted molar refractivity (Wildman–Crippen MR) is 110 cm³/mol. The summed E-state index contributed by atoms with van der Waals surface area (Å²) in [6.45, 7) is 15.1. The van der Waals surface area contributed by atoms with Gasteiger partial charge in [0.2, 0.25) is 0 Å². The minimum Gasteiger partial charge on any atom is -0.494 e. The van der Waals surface area contributed by atoms with Gasteiger partial charge in [0, 0.05) is 12.5 Å². The second-order valence-electron chi connectivity index (χ2n) is 8.92. The van der Waals surface area contributed by atoms with E-state index in [2.05, 4.69) is 33.9 Å². The fourth-order valence-electron chi connectivity index (χ4n) is 2.41. The molecule has 1 rings (SSSR count). The molecule has 4 nitrogen and oxygen atoms in total. The van der Waals surface area contributed by atoms with E-state index in [1.807, 2.05) is 19.9 Å². The molecule has 0 saturated carbocycles. The van der Waals surface area contributed by atoms with Gasteiger partial charge in [-0.05, 0) is 56.1 Å². The van der Waals surface area contributed by atoms with Crippen LogP contribution in [-0.4, -0.2) is 31.0 Å². The minimum absolute atomic E-state index is 0.0783. The topological polar surface area (TPSA) is 61.6 Å². The van der Waals surface area contributed by atoms with Crippen molar-refractivity contribution in [2.24, 2.45) is 5.14 Å². The average molecular weight is 404 g/mol. The van der Waals surface area contributed by atoms with Gasteiger partial charge in [-0.1, -0.05) is 26.8 Å². The Labute approximate surface area is 161 Å². The average Bonchev–Trinajstić information content (AvgIpc) is 2.50. The maximum absolute atomic E-state index is 14.2. The third-order valence-electron chi connectivity index (χ3n) is 5.38. The van der Waals surface area contributed by atoms with E-state index >= 15 is 0 Å². The smallest absolute Gasteiger partial charge is 0.192 e. The molecule has 1 unspecified atom stereocenters. The van der Waals surface area contributed by atoms with Crippen LogP contribution in [0.2, 0.25) is 18.1 Å². The van der Waals surface area contributed by atoms with Gasteiger partial charge < -0.3 is 9.16 Å².